The predicted molar refractivity (Wildman–Crippen MR) is 85.3 cm³/mol. The van der Waals surface area contributed by atoms with Gasteiger partial charge in [0.25, 0.3) is 0 Å². The summed E-state index contributed by atoms with van der Waals surface area (Å²) in [7, 11) is 1.85. The third-order valence-electron chi connectivity index (χ3n) is 3.06. The van der Waals surface area contributed by atoms with Crippen LogP contribution in [0.15, 0.2) is 10.5 Å². The number of carbonyl (C=O) groups is 1. The summed E-state index contributed by atoms with van der Waals surface area (Å²) in [5.41, 5.74) is 15.2. The number of likely N-dealkylation sites (N-methyl/N-ethyl adjacent to an activating group) is 1. The van der Waals surface area contributed by atoms with E-state index < -0.39 is 0 Å². The van der Waals surface area contributed by atoms with Crippen molar-refractivity contribution in [3.63, 3.8) is 0 Å². The van der Waals surface area contributed by atoms with Crippen LogP contribution in [0.5, 0.6) is 0 Å². The maximum Gasteiger partial charge on any atom is 0.320 e. The van der Waals surface area contributed by atoms with E-state index in [9.17, 15) is 4.79 Å². The number of carbonyl (C=O) groups excluding carboxylic acids is 1. The average Bonchev–Trinajstić information content (AvgIpc) is 2.36. The van der Waals surface area contributed by atoms with E-state index in [4.69, 9.17) is 16.2 Å². The maximum absolute atomic E-state index is 11.5. The second-order valence-electron chi connectivity index (χ2n) is 4.65. The van der Waals surface area contributed by atoms with Crippen molar-refractivity contribution >= 4 is 33.3 Å². The largest absolute Gasteiger partial charge is 0.465 e. The van der Waals surface area contributed by atoms with Crippen LogP contribution in [-0.2, 0) is 22.5 Å². The molecule has 20 heavy (non-hydrogen) atoms. The molecule has 0 radical (unpaired) electrons. The summed E-state index contributed by atoms with van der Waals surface area (Å²) in [6.45, 7) is 5.02. The Morgan fingerprint density at radius 3 is 2.55 bits per heavy atom. The monoisotopic (exact) mass is 343 g/mol. The highest BCUT2D eigenvalue weighted by molar-refractivity contribution is 9.10. The number of nitrogens with two attached hydrogens (primary N) is 2. The summed E-state index contributed by atoms with van der Waals surface area (Å²) in [6, 6.07) is 1.82. The second kappa shape index (κ2) is 7.50. The van der Waals surface area contributed by atoms with Crippen LogP contribution < -0.4 is 11.5 Å². The van der Waals surface area contributed by atoms with Gasteiger partial charge in [-0.1, -0.05) is 22.9 Å². The summed E-state index contributed by atoms with van der Waals surface area (Å²) < 4.78 is 5.89. The maximum atomic E-state index is 11.5. The highest BCUT2D eigenvalue weighted by atomic mass is 79.9. The molecule has 0 saturated heterocycles. The van der Waals surface area contributed by atoms with Crippen molar-refractivity contribution < 1.29 is 9.53 Å². The third kappa shape index (κ3) is 4.11. The number of ether oxygens (including phenoxy) is 1. The molecule has 6 heteroatoms. The zero-order chi connectivity index (χ0) is 15.3. The Hall–Kier alpha value is -1.27. The van der Waals surface area contributed by atoms with Gasteiger partial charge in [0, 0.05) is 11.0 Å². The molecule has 0 aliphatic carbocycles. The summed E-state index contributed by atoms with van der Waals surface area (Å²) in [6.07, 6.45) is 0.841. The van der Waals surface area contributed by atoms with Crippen molar-refractivity contribution in [3.05, 3.63) is 21.7 Å². The van der Waals surface area contributed by atoms with Crippen molar-refractivity contribution in [2.45, 2.75) is 26.8 Å². The van der Waals surface area contributed by atoms with E-state index in [0.29, 0.717) is 24.5 Å². The van der Waals surface area contributed by atoms with Gasteiger partial charge in [-0.05, 0) is 37.6 Å². The van der Waals surface area contributed by atoms with E-state index in [1.807, 2.05) is 18.0 Å². The molecular weight excluding hydrogens is 322 g/mol. The van der Waals surface area contributed by atoms with Crippen LogP contribution in [0.2, 0.25) is 0 Å². The Bertz CT molecular complexity index is 492. The summed E-state index contributed by atoms with van der Waals surface area (Å²) in [5, 5.41) is 0. The predicted octanol–water partition coefficient (Wildman–Crippen LogP) is 2.17. The van der Waals surface area contributed by atoms with E-state index in [-0.39, 0.29) is 12.5 Å². The molecule has 0 bridgehead atoms. The second-order valence-corrected chi connectivity index (χ2v) is 5.50. The van der Waals surface area contributed by atoms with Crippen LogP contribution in [-0.4, -0.2) is 31.1 Å². The fourth-order valence-corrected chi connectivity index (χ4v) is 2.86. The number of benzene rings is 1. The normalized spacial score (nSPS) is 10.8. The average molecular weight is 344 g/mol. The van der Waals surface area contributed by atoms with Gasteiger partial charge in [0.2, 0.25) is 0 Å². The Kier molecular flexibility index (Phi) is 6.29. The number of esters is 1. The topological polar surface area (TPSA) is 81.6 Å². The van der Waals surface area contributed by atoms with E-state index in [1.165, 1.54) is 0 Å². The van der Waals surface area contributed by atoms with Gasteiger partial charge in [-0.3, -0.25) is 9.69 Å². The smallest absolute Gasteiger partial charge is 0.320 e. The molecular formula is C14H22BrN3O2. The van der Waals surface area contributed by atoms with Gasteiger partial charge in [0.1, 0.15) is 0 Å². The molecule has 1 rings (SSSR count). The first-order chi connectivity index (χ1) is 9.40. The van der Waals surface area contributed by atoms with Crippen LogP contribution in [0.3, 0.4) is 0 Å². The highest BCUT2D eigenvalue weighted by Gasteiger charge is 2.16. The molecule has 0 fully saturated rings. The lowest BCUT2D eigenvalue weighted by molar-refractivity contribution is -0.144. The van der Waals surface area contributed by atoms with Crippen molar-refractivity contribution in [1.82, 2.24) is 4.90 Å². The lowest BCUT2D eigenvalue weighted by Crippen LogP contribution is -2.28. The third-order valence-corrected chi connectivity index (χ3v) is 3.76. The van der Waals surface area contributed by atoms with Crippen LogP contribution >= 0.6 is 15.9 Å². The Morgan fingerprint density at radius 2 is 2.00 bits per heavy atom. The van der Waals surface area contributed by atoms with Gasteiger partial charge in [-0.2, -0.15) is 0 Å². The van der Waals surface area contributed by atoms with Crippen molar-refractivity contribution in [2.24, 2.45) is 0 Å². The molecule has 0 saturated carbocycles. The quantitative estimate of drug-likeness (QED) is 0.611. The lowest BCUT2D eigenvalue weighted by Gasteiger charge is -2.21. The minimum absolute atomic E-state index is 0.225. The zero-order valence-electron chi connectivity index (χ0n) is 12.2. The van der Waals surface area contributed by atoms with Gasteiger partial charge in [-0.25, -0.2) is 0 Å². The molecule has 0 aliphatic heterocycles. The molecule has 1 aromatic rings. The van der Waals surface area contributed by atoms with E-state index in [0.717, 1.165) is 22.0 Å². The van der Waals surface area contributed by atoms with Crippen molar-refractivity contribution in [1.29, 1.82) is 0 Å². The Labute approximate surface area is 128 Å². The first-order valence-corrected chi connectivity index (χ1v) is 7.39. The van der Waals surface area contributed by atoms with Crippen LogP contribution in [0.4, 0.5) is 11.4 Å². The zero-order valence-corrected chi connectivity index (χ0v) is 13.8. The lowest BCUT2D eigenvalue weighted by atomic mass is 10.0. The van der Waals surface area contributed by atoms with Crippen LogP contribution in [0.25, 0.3) is 0 Å². The number of rotatable bonds is 6. The fraction of sp³-hybridized carbons (Fsp3) is 0.500. The molecule has 1 aromatic carbocycles. The minimum Gasteiger partial charge on any atom is -0.465 e. The number of nitrogen functional groups attached to an aromatic ring is 2. The number of hydrogen-bond acceptors (Lipinski definition) is 5. The summed E-state index contributed by atoms with van der Waals surface area (Å²) in [4.78, 5) is 13.4. The molecule has 0 aromatic heterocycles. The fourth-order valence-electron chi connectivity index (χ4n) is 2.10. The van der Waals surface area contributed by atoms with E-state index >= 15 is 0 Å². The van der Waals surface area contributed by atoms with E-state index in [2.05, 4.69) is 22.9 Å². The Morgan fingerprint density at radius 1 is 1.35 bits per heavy atom. The van der Waals surface area contributed by atoms with Gasteiger partial charge >= 0.3 is 5.97 Å². The molecule has 5 nitrogen and oxygen atoms in total. The number of anilines is 2. The van der Waals surface area contributed by atoms with Crippen LogP contribution in [0, 0.1) is 0 Å². The van der Waals surface area contributed by atoms with Gasteiger partial charge in [0.15, 0.2) is 0 Å². The van der Waals surface area contributed by atoms with Gasteiger partial charge in [-0.15, -0.1) is 0 Å². The SMILES string of the molecule is CCOC(=O)CN(C)Cc1c(N)c(N)cc(Br)c1CC. The molecule has 0 heterocycles. The summed E-state index contributed by atoms with van der Waals surface area (Å²) in [5.74, 6) is -0.241. The van der Waals surface area contributed by atoms with Crippen molar-refractivity contribution in [3.8, 4) is 0 Å². The molecule has 0 amide bonds. The first kappa shape index (κ1) is 16.8. The molecule has 4 N–H and O–H groups in total. The molecule has 0 spiro atoms. The Balaban J connectivity index is 2.93. The van der Waals surface area contributed by atoms with Crippen LogP contribution in [0.1, 0.15) is 25.0 Å². The molecule has 112 valence electrons. The standard InChI is InChI=1S/C14H22BrN3O2/c1-4-9-10(14(17)12(16)6-11(9)15)7-18(3)8-13(19)20-5-2/h6H,4-5,7-8,16-17H2,1-3H3. The number of hydrogen-bond donors (Lipinski definition) is 2. The van der Waals surface area contributed by atoms with Crippen molar-refractivity contribution in [2.75, 3.05) is 31.7 Å². The van der Waals surface area contributed by atoms with E-state index in [1.54, 1.807) is 6.92 Å². The number of nitrogens with zero attached hydrogens (tertiary/aromatic N) is 1. The first-order valence-electron chi connectivity index (χ1n) is 6.60. The summed E-state index contributed by atoms with van der Waals surface area (Å²) >= 11 is 3.51. The number of halogens is 1. The minimum atomic E-state index is -0.241. The highest BCUT2D eigenvalue weighted by Crippen LogP contribution is 2.32. The molecule has 0 aliphatic rings. The molecule has 0 atom stereocenters. The van der Waals surface area contributed by atoms with Gasteiger partial charge in [0.05, 0.1) is 24.5 Å². The molecule has 0 unspecified atom stereocenters. The van der Waals surface area contributed by atoms with Gasteiger partial charge < -0.3 is 16.2 Å².